The topological polar surface area (TPSA) is 37.0 Å². The third kappa shape index (κ3) is 2.81. The van der Waals surface area contributed by atoms with Crippen molar-refractivity contribution in [2.75, 3.05) is 17.7 Å². The lowest BCUT2D eigenvalue weighted by atomic mass is 10.2. The molecule has 3 nitrogen and oxygen atoms in total. The van der Waals surface area contributed by atoms with Gasteiger partial charge in [-0.2, -0.15) is 13.2 Å². The van der Waals surface area contributed by atoms with Crippen LogP contribution in [0.1, 0.15) is 18.9 Å². The molecule has 1 heterocycles. The van der Waals surface area contributed by atoms with E-state index in [0.29, 0.717) is 5.92 Å². The van der Waals surface area contributed by atoms with Crippen molar-refractivity contribution in [2.45, 2.75) is 25.6 Å². The minimum absolute atomic E-state index is 0.218. The van der Waals surface area contributed by atoms with Gasteiger partial charge in [-0.3, -0.25) is 0 Å². The van der Waals surface area contributed by atoms with Gasteiger partial charge in [-0.25, -0.2) is 4.98 Å². The Labute approximate surface area is 97.4 Å². The third-order valence-electron chi connectivity index (χ3n) is 2.85. The van der Waals surface area contributed by atoms with Crippen LogP contribution in [0.2, 0.25) is 0 Å². The molecule has 1 fully saturated rings. The number of alkyl halides is 3. The number of pyridine rings is 1. The molecule has 0 radical (unpaired) electrons. The van der Waals surface area contributed by atoms with E-state index in [4.69, 9.17) is 0 Å². The molecule has 1 aliphatic rings. The second-order valence-corrected chi connectivity index (χ2v) is 4.34. The Morgan fingerprint density at radius 2 is 1.88 bits per heavy atom. The molecule has 1 aromatic rings. The lowest BCUT2D eigenvalue weighted by molar-refractivity contribution is -0.137. The standard InChI is InChI=1S/C11H14F3N3/c1-6-3-8(6)16-10-5-7(11(12,13)14)4-9(15-2)17-10/h4-6,8H,3H2,1-2H3,(H2,15,16,17). The van der Waals surface area contributed by atoms with Crippen LogP contribution in [0.25, 0.3) is 0 Å². The fourth-order valence-electron chi connectivity index (χ4n) is 1.61. The van der Waals surface area contributed by atoms with Crippen LogP contribution in [0.5, 0.6) is 0 Å². The van der Waals surface area contributed by atoms with Crippen LogP contribution in [-0.4, -0.2) is 18.1 Å². The van der Waals surface area contributed by atoms with E-state index in [1.54, 1.807) is 7.05 Å². The van der Waals surface area contributed by atoms with Gasteiger partial charge >= 0.3 is 6.18 Å². The number of rotatable bonds is 3. The molecule has 0 saturated heterocycles. The van der Waals surface area contributed by atoms with E-state index in [1.807, 2.05) is 6.92 Å². The van der Waals surface area contributed by atoms with E-state index in [-0.39, 0.29) is 17.7 Å². The predicted octanol–water partition coefficient (Wildman–Crippen LogP) is 2.96. The number of nitrogens with zero attached hydrogens (tertiary/aromatic N) is 1. The van der Waals surface area contributed by atoms with Crippen LogP contribution < -0.4 is 10.6 Å². The third-order valence-corrected chi connectivity index (χ3v) is 2.85. The zero-order chi connectivity index (χ0) is 12.6. The van der Waals surface area contributed by atoms with Gasteiger partial charge in [-0.05, 0) is 24.5 Å². The Kier molecular flexibility index (Phi) is 2.89. The fourth-order valence-corrected chi connectivity index (χ4v) is 1.61. The van der Waals surface area contributed by atoms with E-state index < -0.39 is 11.7 Å². The zero-order valence-electron chi connectivity index (χ0n) is 9.60. The number of aromatic nitrogens is 1. The van der Waals surface area contributed by atoms with Crippen molar-refractivity contribution in [3.8, 4) is 0 Å². The Morgan fingerprint density at radius 1 is 1.29 bits per heavy atom. The largest absolute Gasteiger partial charge is 0.416 e. The molecule has 0 aromatic carbocycles. The monoisotopic (exact) mass is 245 g/mol. The molecule has 2 atom stereocenters. The van der Waals surface area contributed by atoms with Crippen LogP contribution in [0.4, 0.5) is 24.8 Å². The van der Waals surface area contributed by atoms with Crippen molar-refractivity contribution >= 4 is 11.6 Å². The molecule has 0 bridgehead atoms. The second-order valence-electron chi connectivity index (χ2n) is 4.34. The Bertz CT molecular complexity index is 417. The van der Waals surface area contributed by atoms with E-state index in [9.17, 15) is 13.2 Å². The summed E-state index contributed by atoms with van der Waals surface area (Å²) in [5.74, 6) is 0.999. The highest BCUT2D eigenvalue weighted by Crippen LogP contribution is 2.35. The molecule has 0 spiro atoms. The average Bonchev–Trinajstić information content (AvgIpc) is 2.92. The molecule has 0 amide bonds. The van der Waals surface area contributed by atoms with E-state index >= 15 is 0 Å². The van der Waals surface area contributed by atoms with Crippen LogP contribution >= 0.6 is 0 Å². The molecule has 2 unspecified atom stereocenters. The summed E-state index contributed by atoms with van der Waals surface area (Å²) in [7, 11) is 1.55. The smallest absolute Gasteiger partial charge is 0.373 e. The van der Waals surface area contributed by atoms with Crippen molar-refractivity contribution in [1.82, 2.24) is 4.98 Å². The summed E-state index contributed by atoms with van der Waals surface area (Å²) in [6.07, 6.45) is -3.37. The molecular formula is C11H14F3N3. The summed E-state index contributed by atoms with van der Waals surface area (Å²) in [4.78, 5) is 4.06. The Hall–Kier alpha value is -1.46. The van der Waals surface area contributed by atoms with Crippen molar-refractivity contribution in [1.29, 1.82) is 0 Å². The number of nitrogens with one attached hydrogen (secondary N) is 2. The normalized spacial score (nSPS) is 23.4. The first-order chi connectivity index (χ1) is 7.90. The van der Waals surface area contributed by atoms with E-state index in [2.05, 4.69) is 15.6 Å². The summed E-state index contributed by atoms with van der Waals surface area (Å²) in [5, 5.41) is 5.64. The highest BCUT2D eigenvalue weighted by Gasteiger charge is 2.35. The molecule has 6 heteroatoms. The van der Waals surface area contributed by atoms with Gasteiger partial charge in [0, 0.05) is 13.1 Å². The molecule has 17 heavy (non-hydrogen) atoms. The van der Waals surface area contributed by atoms with Gasteiger partial charge in [-0.15, -0.1) is 0 Å². The molecule has 94 valence electrons. The first-order valence-corrected chi connectivity index (χ1v) is 5.43. The summed E-state index contributed by atoms with van der Waals surface area (Å²) in [6.45, 7) is 2.05. The summed E-state index contributed by atoms with van der Waals surface area (Å²) in [5.41, 5.74) is -0.687. The number of halogens is 3. The van der Waals surface area contributed by atoms with Gasteiger partial charge in [0.25, 0.3) is 0 Å². The maximum absolute atomic E-state index is 12.6. The molecule has 1 aromatic heterocycles. The Morgan fingerprint density at radius 3 is 2.35 bits per heavy atom. The minimum Gasteiger partial charge on any atom is -0.373 e. The molecular weight excluding hydrogens is 231 g/mol. The molecule has 2 N–H and O–H groups in total. The first kappa shape index (κ1) is 12.0. The fraction of sp³-hybridized carbons (Fsp3) is 0.545. The van der Waals surface area contributed by atoms with Gasteiger partial charge in [0.15, 0.2) is 0 Å². The van der Waals surface area contributed by atoms with Crippen LogP contribution in [-0.2, 0) is 6.18 Å². The Balaban J connectivity index is 2.25. The molecule has 2 rings (SSSR count). The second kappa shape index (κ2) is 4.09. The van der Waals surface area contributed by atoms with Gasteiger partial charge in [0.05, 0.1) is 5.56 Å². The SMILES string of the molecule is CNc1cc(C(F)(F)F)cc(NC2CC2C)n1. The van der Waals surface area contributed by atoms with Gasteiger partial charge in [0.2, 0.25) is 0 Å². The van der Waals surface area contributed by atoms with E-state index in [0.717, 1.165) is 18.6 Å². The zero-order valence-corrected chi connectivity index (χ0v) is 9.60. The first-order valence-electron chi connectivity index (χ1n) is 5.43. The number of hydrogen-bond donors (Lipinski definition) is 2. The summed E-state index contributed by atoms with van der Waals surface area (Å²) >= 11 is 0. The van der Waals surface area contributed by atoms with Gasteiger partial charge < -0.3 is 10.6 Å². The lowest BCUT2D eigenvalue weighted by Crippen LogP contribution is -2.11. The van der Waals surface area contributed by atoms with E-state index in [1.165, 1.54) is 0 Å². The quantitative estimate of drug-likeness (QED) is 0.859. The lowest BCUT2D eigenvalue weighted by Gasteiger charge is -2.12. The summed E-state index contributed by atoms with van der Waals surface area (Å²) < 4.78 is 37.9. The molecule has 1 aliphatic carbocycles. The number of anilines is 2. The molecule has 1 saturated carbocycles. The highest BCUT2D eigenvalue weighted by atomic mass is 19.4. The van der Waals surface area contributed by atoms with Crippen molar-refractivity contribution < 1.29 is 13.2 Å². The van der Waals surface area contributed by atoms with Crippen LogP contribution in [0.3, 0.4) is 0 Å². The van der Waals surface area contributed by atoms with Gasteiger partial charge in [0.1, 0.15) is 11.6 Å². The van der Waals surface area contributed by atoms with Crippen molar-refractivity contribution in [2.24, 2.45) is 5.92 Å². The maximum atomic E-state index is 12.6. The highest BCUT2D eigenvalue weighted by molar-refractivity contribution is 5.50. The molecule has 0 aliphatic heterocycles. The summed E-state index contributed by atoms with van der Waals surface area (Å²) in [6, 6.07) is 2.30. The maximum Gasteiger partial charge on any atom is 0.416 e. The number of hydrogen-bond acceptors (Lipinski definition) is 3. The van der Waals surface area contributed by atoms with Crippen LogP contribution in [0, 0.1) is 5.92 Å². The minimum atomic E-state index is -4.35. The van der Waals surface area contributed by atoms with Crippen molar-refractivity contribution in [3.05, 3.63) is 17.7 Å². The van der Waals surface area contributed by atoms with Gasteiger partial charge in [-0.1, -0.05) is 6.92 Å². The van der Waals surface area contributed by atoms with Crippen LogP contribution in [0.15, 0.2) is 12.1 Å². The predicted molar refractivity (Wildman–Crippen MR) is 60.0 cm³/mol. The van der Waals surface area contributed by atoms with Crippen molar-refractivity contribution in [3.63, 3.8) is 0 Å². The average molecular weight is 245 g/mol.